The summed E-state index contributed by atoms with van der Waals surface area (Å²) in [7, 11) is 0. The van der Waals surface area contributed by atoms with Gasteiger partial charge in [-0.25, -0.2) is 4.79 Å². The summed E-state index contributed by atoms with van der Waals surface area (Å²) in [6.45, 7) is 3.41. The molecule has 1 aromatic carbocycles. The van der Waals surface area contributed by atoms with Gasteiger partial charge in [-0.2, -0.15) is 0 Å². The van der Waals surface area contributed by atoms with Crippen LogP contribution < -0.4 is 5.32 Å². The van der Waals surface area contributed by atoms with Crippen LogP contribution in [0.3, 0.4) is 0 Å². The second-order valence-corrected chi connectivity index (χ2v) is 6.85. The molecule has 2 amide bonds. The molecule has 1 aliphatic carbocycles. The van der Waals surface area contributed by atoms with Gasteiger partial charge in [0.1, 0.15) is 5.00 Å². The quantitative estimate of drug-likeness (QED) is 0.913. The van der Waals surface area contributed by atoms with Gasteiger partial charge in [0.25, 0.3) is 0 Å². The number of hydrogen-bond acceptors (Lipinski definition) is 5. The predicted octanol–water partition coefficient (Wildman–Crippen LogP) is 1.85. The van der Waals surface area contributed by atoms with Gasteiger partial charge in [-0.05, 0) is 24.0 Å². The van der Waals surface area contributed by atoms with E-state index in [1.54, 1.807) is 6.20 Å². The van der Waals surface area contributed by atoms with Crippen LogP contribution >= 0.6 is 11.5 Å². The number of hydrogen-bond donors (Lipinski definition) is 1. The van der Waals surface area contributed by atoms with Crippen molar-refractivity contribution in [2.45, 2.75) is 18.9 Å². The number of carbonyl (C=O) groups excluding carboxylic acids is 1. The maximum atomic E-state index is 12.2. The second-order valence-electron chi connectivity index (χ2n) is 6.07. The highest BCUT2D eigenvalue weighted by Gasteiger charge is 2.30. The number of nitrogens with zero attached hydrogens (tertiary/aromatic N) is 4. The van der Waals surface area contributed by atoms with Gasteiger partial charge < -0.3 is 4.90 Å². The average molecular weight is 329 g/mol. The zero-order chi connectivity index (χ0) is 15.6. The molecule has 1 fully saturated rings. The van der Waals surface area contributed by atoms with Gasteiger partial charge in [-0.3, -0.25) is 10.2 Å². The maximum Gasteiger partial charge on any atom is 0.322 e. The lowest BCUT2D eigenvalue weighted by Gasteiger charge is -2.37. The summed E-state index contributed by atoms with van der Waals surface area (Å²) in [5.41, 5.74) is 2.96. The van der Waals surface area contributed by atoms with E-state index in [4.69, 9.17) is 0 Å². The molecule has 0 unspecified atom stereocenters. The normalized spacial score (nSPS) is 18.9. The Bertz CT molecular complexity index is 657. The summed E-state index contributed by atoms with van der Waals surface area (Å²) in [4.78, 5) is 16.6. The molecule has 0 spiro atoms. The molecule has 1 aliphatic heterocycles. The van der Waals surface area contributed by atoms with Gasteiger partial charge in [0.05, 0.1) is 6.20 Å². The van der Waals surface area contributed by atoms with Crippen molar-refractivity contribution in [3.8, 4) is 0 Å². The Morgan fingerprint density at radius 1 is 1.13 bits per heavy atom. The zero-order valence-electron chi connectivity index (χ0n) is 12.8. The number of piperazine rings is 1. The van der Waals surface area contributed by atoms with Crippen LogP contribution in [0.5, 0.6) is 0 Å². The molecule has 0 saturated carbocycles. The van der Waals surface area contributed by atoms with Gasteiger partial charge in [-0.15, -0.1) is 5.10 Å². The fraction of sp³-hybridized carbons (Fsp3) is 0.438. The van der Waals surface area contributed by atoms with Gasteiger partial charge in [0.15, 0.2) is 0 Å². The molecule has 1 saturated heterocycles. The Balaban J connectivity index is 1.31. The molecular formula is C16H19N5OS. The zero-order valence-corrected chi connectivity index (χ0v) is 13.6. The maximum absolute atomic E-state index is 12.2. The summed E-state index contributed by atoms with van der Waals surface area (Å²) in [5, 5.41) is 7.28. The molecule has 23 heavy (non-hydrogen) atoms. The van der Waals surface area contributed by atoms with E-state index in [1.165, 1.54) is 22.7 Å². The summed E-state index contributed by atoms with van der Waals surface area (Å²) in [6.07, 6.45) is 3.85. The lowest BCUT2D eigenvalue weighted by atomic mass is 10.1. The Morgan fingerprint density at radius 3 is 2.43 bits per heavy atom. The number of aromatic nitrogens is 2. The molecule has 0 radical (unpaired) electrons. The van der Waals surface area contributed by atoms with Gasteiger partial charge in [0, 0.05) is 43.8 Å². The van der Waals surface area contributed by atoms with Gasteiger partial charge in [0.2, 0.25) is 0 Å². The van der Waals surface area contributed by atoms with Crippen molar-refractivity contribution in [3.63, 3.8) is 0 Å². The van der Waals surface area contributed by atoms with E-state index < -0.39 is 0 Å². The van der Waals surface area contributed by atoms with E-state index in [1.807, 2.05) is 4.90 Å². The molecule has 0 atom stereocenters. The van der Waals surface area contributed by atoms with E-state index >= 15 is 0 Å². The van der Waals surface area contributed by atoms with Gasteiger partial charge in [-0.1, -0.05) is 28.8 Å². The lowest BCUT2D eigenvalue weighted by molar-refractivity contribution is 0.116. The fourth-order valence-corrected chi connectivity index (χ4v) is 3.90. The molecule has 120 valence electrons. The molecule has 0 bridgehead atoms. The summed E-state index contributed by atoms with van der Waals surface area (Å²) in [6, 6.07) is 9.26. The van der Waals surface area contributed by atoms with Crippen LogP contribution in [0, 0.1) is 0 Å². The molecule has 7 heteroatoms. The average Bonchev–Trinajstić information content (AvgIpc) is 3.24. The molecule has 6 nitrogen and oxygen atoms in total. The van der Waals surface area contributed by atoms with Crippen molar-refractivity contribution in [1.82, 2.24) is 19.4 Å². The first-order valence-corrected chi connectivity index (χ1v) is 8.71. The Morgan fingerprint density at radius 2 is 1.83 bits per heavy atom. The number of nitrogens with one attached hydrogen (secondary N) is 1. The Labute approximate surface area is 139 Å². The standard InChI is InChI=1S/C16H19N5OS/c22-16(18-15-11-17-19-23-15)21-7-5-20(6-8-21)14-9-12-3-1-2-4-13(12)10-14/h1-4,11,14H,5-10H2,(H,18,22). The number of fused-ring (bicyclic) bond motifs is 1. The van der Waals surface area contributed by atoms with Crippen LogP contribution in [-0.4, -0.2) is 57.6 Å². The number of urea groups is 1. The smallest absolute Gasteiger partial charge is 0.322 e. The Kier molecular flexibility index (Phi) is 3.97. The number of rotatable bonds is 2. The number of benzene rings is 1. The van der Waals surface area contributed by atoms with Crippen molar-refractivity contribution in [3.05, 3.63) is 41.6 Å². The van der Waals surface area contributed by atoms with Crippen molar-refractivity contribution >= 4 is 22.6 Å². The van der Waals surface area contributed by atoms with Crippen LogP contribution in [0.2, 0.25) is 0 Å². The van der Waals surface area contributed by atoms with Crippen molar-refractivity contribution < 1.29 is 4.79 Å². The predicted molar refractivity (Wildman–Crippen MR) is 89.7 cm³/mol. The number of anilines is 1. The molecule has 1 aromatic heterocycles. The minimum absolute atomic E-state index is 0.0505. The molecule has 2 aliphatic rings. The second kappa shape index (κ2) is 6.25. The first-order valence-electron chi connectivity index (χ1n) is 7.94. The fourth-order valence-electron chi connectivity index (χ4n) is 3.49. The van der Waals surface area contributed by atoms with Crippen molar-refractivity contribution in [2.24, 2.45) is 0 Å². The van der Waals surface area contributed by atoms with E-state index in [9.17, 15) is 4.79 Å². The summed E-state index contributed by atoms with van der Waals surface area (Å²) < 4.78 is 3.75. The summed E-state index contributed by atoms with van der Waals surface area (Å²) >= 11 is 1.20. The summed E-state index contributed by atoms with van der Waals surface area (Å²) in [5.74, 6) is 0. The van der Waals surface area contributed by atoms with Crippen LogP contribution in [0.15, 0.2) is 30.5 Å². The van der Waals surface area contributed by atoms with E-state index in [-0.39, 0.29) is 6.03 Å². The first kappa shape index (κ1) is 14.6. The highest BCUT2D eigenvalue weighted by Crippen LogP contribution is 2.26. The topological polar surface area (TPSA) is 61.4 Å². The van der Waals surface area contributed by atoms with Crippen molar-refractivity contribution in [1.29, 1.82) is 0 Å². The van der Waals surface area contributed by atoms with Gasteiger partial charge >= 0.3 is 6.03 Å². The van der Waals surface area contributed by atoms with E-state index in [0.29, 0.717) is 11.0 Å². The third-order valence-electron chi connectivity index (χ3n) is 4.74. The SMILES string of the molecule is O=C(Nc1cnns1)N1CCN(C2Cc3ccccc3C2)CC1. The van der Waals surface area contributed by atoms with Crippen molar-refractivity contribution in [2.75, 3.05) is 31.5 Å². The lowest BCUT2D eigenvalue weighted by Crippen LogP contribution is -2.53. The number of amides is 2. The molecule has 4 rings (SSSR count). The third-order valence-corrected chi connectivity index (χ3v) is 5.32. The van der Waals surface area contributed by atoms with Crippen LogP contribution in [0.25, 0.3) is 0 Å². The minimum Gasteiger partial charge on any atom is -0.322 e. The largest absolute Gasteiger partial charge is 0.322 e. The molecule has 2 aromatic rings. The van der Waals surface area contributed by atoms with E-state index in [0.717, 1.165) is 39.0 Å². The highest BCUT2D eigenvalue weighted by molar-refractivity contribution is 7.10. The van der Waals surface area contributed by atoms with Crippen LogP contribution in [0.4, 0.5) is 9.80 Å². The van der Waals surface area contributed by atoms with E-state index in [2.05, 4.69) is 44.1 Å². The monoisotopic (exact) mass is 329 g/mol. The minimum atomic E-state index is -0.0505. The third kappa shape index (κ3) is 3.07. The molecule has 2 heterocycles. The molecular weight excluding hydrogens is 310 g/mol. The van der Waals surface area contributed by atoms with Crippen LogP contribution in [-0.2, 0) is 12.8 Å². The number of carbonyl (C=O) groups is 1. The first-order chi connectivity index (χ1) is 11.3. The highest BCUT2D eigenvalue weighted by atomic mass is 32.1. The Hall–Kier alpha value is -1.99. The molecule has 1 N–H and O–H groups in total. The van der Waals surface area contributed by atoms with Crippen LogP contribution in [0.1, 0.15) is 11.1 Å².